The third-order valence-corrected chi connectivity index (χ3v) is 8.66. The smallest absolute Gasteiger partial charge is 0.247 e. The van der Waals surface area contributed by atoms with E-state index in [0.29, 0.717) is 22.9 Å². The van der Waals surface area contributed by atoms with E-state index >= 15 is 0 Å². The number of hydrogen-bond acceptors (Lipinski definition) is 7. The zero-order chi connectivity index (χ0) is 32.5. The molecule has 0 amide bonds. The van der Waals surface area contributed by atoms with E-state index in [0.717, 1.165) is 66.4 Å². The summed E-state index contributed by atoms with van der Waals surface area (Å²) >= 11 is 0. The van der Waals surface area contributed by atoms with Gasteiger partial charge in [-0.1, -0.05) is 77.9 Å². The van der Waals surface area contributed by atoms with E-state index in [2.05, 4.69) is 86.2 Å². The van der Waals surface area contributed by atoms with Gasteiger partial charge in [0.15, 0.2) is 0 Å². The Bertz CT molecular complexity index is 2300. The number of hydrogen-bond donors (Lipinski definition) is 0. The zero-order valence-corrected chi connectivity index (χ0v) is 27.3. The van der Waals surface area contributed by atoms with Gasteiger partial charge in [-0.05, 0) is 82.6 Å². The zero-order valence-electron chi connectivity index (χ0n) is 27.3. The van der Waals surface area contributed by atoms with Crippen molar-refractivity contribution in [2.24, 2.45) is 0 Å². The molecule has 0 spiro atoms. The van der Waals surface area contributed by atoms with Gasteiger partial charge in [0.25, 0.3) is 0 Å². The van der Waals surface area contributed by atoms with Gasteiger partial charge < -0.3 is 13.6 Å². The molecule has 0 aliphatic carbocycles. The van der Waals surface area contributed by atoms with Crippen molar-refractivity contribution < 1.29 is 13.6 Å². The fourth-order valence-corrected chi connectivity index (χ4v) is 5.96. The van der Waals surface area contributed by atoms with Crippen molar-refractivity contribution in [3.8, 4) is 34.0 Å². The van der Waals surface area contributed by atoms with Crippen molar-refractivity contribution in [2.45, 2.75) is 52.4 Å². The predicted molar refractivity (Wildman–Crippen MR) is 187 cm³/mol. The second-order valence-electron chi connectivity index (χ2n) is 14.2. The highest BCUT2D eigenvalue weighted by Crippen LogP contribution is 2.39. The maximum atomic E-state index is 6.73. The molecule has 0 unspecified atom stereocenters. The first kappa shape index (κ1) is 28.9. The molecule has 7 heteroatoms. The highest BCUT2D eigenvalue weighted by atomic mass is 16.5. The van der Waals surface area contributed by atoms with Crippen molar-refractivity contribution in [3.63, 3.8) is 0 Å². The van der Waals surface area contributed by atoms with Crippen molar-refractivity contribution in [1.82, 2.24) is 20.4 Å². The molecule has 0 radical (unpaired) electrons. The van der Waals surface area contributed by atoms with Gasteiger partial charge in [-0.3, -0.25) is 0 Å². The Morgan fingerprint density at radius 2 is 0.894 bits per heavy atom. The first-order chi connectivity index (χ1) is 22.5. The van der Waals surface area contributed by atoms with Crippen molar-refractivity contribution in [2.75, 3.05) is 0 Å². The Labute approximate surface area is 272 Å². The number of furan rings is 2. The van der Waals surface area contributed by atoms with Gasteiger partial charge in [-0.2, -0.15) is 0 Å². The summed E-state index contributed by atoms with van der Waals surface area (Å²) in [6.45, 7) is 13.2. The molecule has 8 rings (SSSR count). The third kappa shape index (κ3) is 5.27. The maximum Gasteiger partial charge on any atom is 0.247 e. The van der Waals surface area contributed by atoms with Gasteiger partial charge in [0.05, 0.1) is 22.2 Å². The SMILES string of the molecule is CC(C)(C)c1cc(Oc2cc(-c3cc4c(nn3)oc3ccccc34)cc(C(C)(C)C)c2)cc(-c2cc3c(nn2)oc2ccccc23)c1. The van der Waals surface area contributed by atoms with Crippen LogP contribution in [0.25, 0.3) is 66.7 Å². The van der Waals surface area contributed by atoms with Crippen LogP contribution in [0, 0.1) is 0 Å². The Morgan fingerprint density at radius 3 is 1.32 bits per heavy atom. The van der Waals surface area contributed by atoms with Crippen LogP contribution in [-0.4, -0.2) is 20.4 Å². The summed E-state index contributed by atoms with van der Waals surface area (Å²) in [5.74, 6) is 1.43. The van der Waals surface area contributed by atoms with E-state index in [1.807, 2.05) is 72.8 Å². The quantitative estimate of drug-likeness (QED) is 0.194. The largest absolute Gasteiger partial charge is 0.457 e. The molecule has 4 aromatic heterocycles. The van der Waals surface area contributed by atoms with Gasteiger partial charge in [-0.25, -0.2) is 0 Å². The molecule has 0 atom stereocenters. The molecule has 0 aliphatic rings. The average molecular weight is 619 g/mol. The summed E-state index contributed by atoms with van der Waals surface area (Å²) < 4.78 is 18.6. The van der Waals surface area contributed by atoms with Gasteiger partial charge >= 0.3 is 0 Å². The van der Waals surface area contributed by atoms with Crippen LogP contribution in [-0.2, 0) is 10.8 Å². The number of fused-ring (bicyclic) bond motifs is 6. The van der Waals surface area contributed by atoms with Gasteiger partial charge in [-0.15, -0.1) is 20.4 Å². The van der Waals surface area contributed by atoms with Crippen LogP contribution in [0.15, 0.2) is 106 Å². The number of ether oxygens (including phenoxy) is 1. The molecule has 0 fully saturated rings. The van der Waals surface area contributed by atoms with Crippen molar-refractivity contribution in [1.29, 1.82) is 0 Å². The topological polar surface area (TPSA) is 87.1 Å². The van der Waals surface area contributed by atoms with Gasteiger partial charge in [0, 0.05) is 21.9 Å². The van der Waals surface area contributed by atoms with Crippen LogP contribution >= 0.6 is 0 Å². The highest BCUT2D eigenvalue weighted by Gasteiger charge is 2.21. The third-order valence-electron chi connectivity index (χ3n) is 8.66. The molecule has 0 bridgehead atoms. The summed E-state index contributed by atoms with van der Waals surface area (Å²) in [5.41, 5.74) is 7.95. The number of benzene rings is 4. The summed E-state index contributed by atoms with van der Waals surface area (Å²) in [7, 11) is 0. The molecule has 0 N–H and O–H groups in total. The van der Waals surface area contributed by atoms with Crippen molar-refractivity contribution >= 4 is 44.1 Å². The summed E-state index contributed by atoms with van der Waals surface area (Å²) in [4.78, 5) is 0. The standard InChI is InChI=1S/C40H34N4O3/c1-39(2,3)25-15-23(33-21-31-29-11-7-9-13-35(29)46-37(31)43-41-33)17-27(19-25)45-28-18-24(16-26(20-28)40(4,5)6)34-22-32-30-12-8-10-14-36(30)47-38(32)44-42-34/h7-22H,1-6H3. The van der Waals surface area contributed by atoms with E-state index < -0.39 is 0 Å². The molecule has 0 saturated carbocycles. The highest BCUT2D eigenvalue weighted by molar-refractivity contribution is 6.05. The molecule has 8 aromatic rings. The minimum atomic E-state index is -0.134. The molecule has 0 aliphatic heterocycles. The van der Waals surface area contributed by atoms with Crippen LogP contribution in [0.1, 0.15) is 52.7 Å². The maximum absolute atomic E-state index is 6.73. The lowest BCUT2D eigenvalue weighted by molar-refractivity contribution is 0.475. The van der Waals surface area contributed by atoms with E-state index in [9.17, 15) is 0 Å². The molecule has 232 valence electrons. The average Bonchev–Trinajstić information content (AvgIpc) is 3.61. The fraction of sp³-hybridized carbons (Fsp3) is 0.200. The Morgan fingerprint density at radius 1 is 0.468 bits per heavy atom. The summed E-state index contributed by atoms with van der Waals surface area (Å²) in [6, 6.07) is 32.6. The number of aromatic nitrogens is 4. The van der Waals surface area contributed by atoms with Gasteiger partial charge in [0.2, 0.25) is 11.4 Å². The van der Waals surface area contributed by atoms with Crippen LogP contribution in [0.3, 0.4) is 0 Å². The van der Waals surface area contributed by atoms with E-state index in [1.165, 1.54) is 0 Å². The molecule has 4 aromatic carbocycles. The lowest BCUT2D eigenvalue weighted by atomic mass is 9.85. The second kappa shape index (κ2) is 10.5. The Balaban J connectivity index is 1.24. The van der Waals surface area contributed by atoms with E-state index in [4.69, 9.17) is 13.6 Å². The van der Waals surface area contributed by atoms with Crippen LogP contribution in [0.5, 0.6) is 11.5 Å². The van der Waals surface area contributed by atoms with Gasteiger partial charge in [0.1, 0.15) is 22.7 Å². The molecule has 7 nitrogen and oxygen atoms in total. The number of rotatable bonds is 4. The number of nitrogens with zero attached hydrogens (tertiary/aromatic N) is 4. The van der Waals surface area contributed by atoms with E-state index in [1.54, 1.807) is 0 Å². The first-order valence-electron chi connectivity index (χ1n) is 15.8. The van der Waals surface area contributed by atoms with Crippen molar-refractivity contribution in [3.05, 3.63) is 108 Å². The minimum absolute atomic E-state index is 0.134. The van der Waals surface area contributed by atoms with E-state index in [-0.39, 0.29) is 10.8 Å². The predicted octanol–water partition coefficient (Wildman–Crippen LogP) is 10.8. The minimum Gasteiger partial charge on any atom is -0.457 e. The fourth-order valence-electron chi connectivity index (χ4n) is 5.96. The second-order valence-corrected chi connectivity index (χ2v) is 14.2. The Kier molecular flexibility index (Phi) is 6.45. The van der Waals surface area contributed by atoms with Crippen LogP contribution in [0.2, 0.25) is 0 Å². The summed E-state index contributed by atoms with van der Waals surface area (Å²) in [6.07, 6.45) is 0. The molecule has 0 saturated heterocycles. The summed E-state index contributed by atoms with van der Waals surface area (Å²) in [5, 5.41) is 21.9. The molecular weight excluding hydrogens is 584 g/mol. The molecule has 4 heterocycles. The van der Waals surface area contributed by atoms with Crippen LogP contribution < -0.4 is 4.74 Å². The first-order valence-corrected chi connectivity index (χ1v) is 15.8. The normalized spacial score (nSPS) is 12.5. The molecule has 47 heavy (non-hydrogen) atoms. The molecular formula is C40H34N4O3. The Hall–Kier alpha value is -5.56. The lowest BCUT2D eigenvalue weighted by Crippen LogP contribution is -2.12. The number of para-hydroxylation sites is 2. The lowest BCUT2D eigenvalue weighted by Gasteiger charge is -2.23. The monoisotopic (exact) mass is 618 g/mol. The van der Waals surface area contributed by atoms with Crippen LogP contribution in [0.4, 0.5) is 0 Å².